The molecule has 3 rings (SSSR count). The predicted molar refractivity (Wildman–Crippen MR) is 69.6 cm³/mol. The van der Waals surface area contributed by atoms with Crippen LogP contribution in [0.5, 0.6) is 5.75 Å². The van der Waals surface area contributed by atoms with E-state index in [9.17, 15) is 9.90 Å². The lowest BCUT2D eigenvalue weighted by molar-refractivity contribution is 0.1000. The van der Waals surface area contributed by atoms with Gasteiger partial charge < -0.3 is 15.8 Å². The lowest BCUT2D eigenvalue weighted by atomic mass is 10.2. The standard InChI is InChI=1S/C12H9N3O2S/c13-11(17)6-4-7-10(8(16)5-6)15-12(14-7)9-2-1-3-18-9/h1-5,16H,(H2,13,17)(H,14,15). The van der Waals surface area contributed by atoms with Crippen LogP contribution in [-0.4, -0.2) is 21.0 Å². The second-order valence-corrected chi connectivity index (χ2v) is 4.77. The van der Waals surface area contributed by atoms with Crippen LogP contribution in [0.2, 0.25) is 0 Å². The Labute approximate surface area is 106 Å². The van der Waals surface area contributed by atoms with Crippen molar-refractivity contribution in [3.8, 4) is 16.5 Å². The molecule has 0 saturated carbocycles. The number of carbonyl (C=O) groups excluding carboxylic acids is 1. The van der Waals surface area contributed by atoms with Crippen molar-refractivity contribution in [1.82, 2.24) is 9.97 Å². The lowest BCUT2D eigenvalue weighted by Crippen LogP contribution is -2.10. The summed E-state index contributed by atoms with van der Waals surface area (Å²) in [5.74, 6) is 0.0248. The van der Waals surface area contributed by atoms with Crippen molar-refractivity contribution < 1.29 is 9.90 Å². The van der Waals surface area contributed by atoms with Crippen molar-refractivity contribution in [2.24, 2.45) is 5.73 Å². The number of aromatic hydroxyl groups is 1. The number of H-pyrrole nitrogens is 1. The number of benzene rings is 1. The topological polar surface area (TPSA) is 92.0 Å². The van der Waals surface area contributed by atoms with Gasteiger partial charge >= 0.3 is 0 Å². The fraction of sp³-hybridized carbons (Fsp3) is 0. The zero-order valence-corrected chi connectivity index (χ0v) is 9.99. The molecule has 2 aromatic heterocycles. The van der Waals surface area contributed by atoms with E-state index in [1.165, 1.54) is 6.07 Å². The van der Waals surface area contributed by atoms with Gasteiger partial charge in [0.2, 0.25) is 5.91 Å². The Balaban J connectivity index is 2.23. The number of hydrogen-bond donors (Lipinski definition) is 3. The number of phenolic OH excluding ortho intramolecular Hbond substituents is 1. The first-order chi connectivity index (χ1) is 8.65. The number of aromatic nitrogens is 2. The fourth-order valence-corrected chi connectivity index (χ4v) is 2.44. The Morgan fingerprint density at radius 2 is 2.28 bits per heavy atom. The summed E-state index contributed by atoms with van der Waals surface area (Å²) in [5, 5.41) is 11.8. The van der Waals surface area contributed by atoms with Gasteiger partial charge in [-0.3, -0.25) is 4.79 Å². The molecule has 90 valence electrons. The van der Waals surface area contributed by atoms with Crippen LogP contribution in [-0.2, 0) is 0 Å². The largest absolute Gasteiger partial charge is 0.506 e. The third-order valence-corrected chi connectivity index (χ3v) is 3.48. The summed E-state index contributed by atoms with van der Waals surface area (Å²) in [4.78, 5) is 19.4. The predicted octanol–water partition coefficient (Wildman–Crippen LogP) is 2.10. The number of phenols is 1. The molecule has 6 heteroatoms. The van der Waals surface area contributed by atoms with Crippen LogP contribution in [0.1, 0.15) is 10.4 Å². The Kier molecular flexibility index (Phi) is 2.31. The minimum atomic E-state index is -0.584. The van der Waals surface area contributed by atoms with Gasteiger partial charge in [0, 0.05) is 5.56 Å². The number of imidazole rings is 1. The average molecular weight is 259 g/mol. The molecule has 3 aromatic rings. The number of hydrogen-bond acceptors (Lipinski definition) is 4. The average Bonchev–Trinajstić information content (AvgIpc) is 2.96. The van der Waals surface area contributed by atoms with Gasteiger partial charge in [0.15, 0.2) is 0 Å². The van der Waals surface area contributed by atoms with E-state index in [0.29, 0.717) is 16.9 Å². The summed E-state index contributed by atoms with van der Waals surface area (Å²) >= 11 is 1.54. The quantitative estimate of drug-likeness (QED) is 0.658. The zero-order chi connectivity index (χ0) is 12.7. The SMILES string of the molecule is NC(=O)c1cc(O)c2nc(-c3cccs3)[nH]c2c1. The molecule has 0 aliphatic rings. The van der Waals surface area contributed by atoms with Crippen LogP contribution < -0.4 is 5.73 Å². The van der Waals surface area contributed by atoms with E-state index in [0.717, 1.165) is 4.88 Å². The van der Waals surface area contributed by atoms with Gasteiger partial charge in [0.25, 0.3) is 0 Å². The molecule has 0 fully saturated rings. The summed E-state index contributed by atoms with van der Waals surface area (Å²) in [5.41, 5.74) is 6.47. The number of carbonyl (C=O) groups is 1. The van der Waals surface area contributed by atoms with Crippen LogP contribution in [0.25, 0.3) is 21.7 Å². The Morgan fingerprint density at radius 3 is 2.94 bits per heavy atom. The highest BCUT2D eigenvalue weighted by molar-refractivity contribution is 7.13. The number of thiophene rings is 1. The molecule has 0 bridgehead atoms. The van der Waals surface area contributed by atoms with E-state index in [-0.39, 0.29) is 11.3 Å². The van der Waals surface area contributed by atoms with Gasteiger partial charge in [-0.05, 0) is 23.6 Å². The van der Waals surface area contributed by atoms with Crippen LogP contribution in [0.4, 0.5) is 0 Å². The van der Waals surface area contributed by atoms with Gasteiger partial charge in [-0.2, -0.15) is 0 Å². The second kappa shape index (κ2) is 3.85. The van der Waals surface area contributed by atoms with Crippen molar-refractivity contribution in [2.45, 2.75) is 0 Å². The molecule has 1 amide bonds. The number of primary amides is 1. The normalized spacial score (nSPS) is 10.9. The maximum Gasteiger partial charge on any atom is 0.248 e. The minimum absolute atomic E-state index is 0.0552. The molecule has 4 N–H and O–H groups in total. The summed E-state index contributed by atoms with van der Waals surface area (Å²) in [7, 11) is 0. The van der Waals surface area contributed by atoms with Crippen LogP contribution >= 0.6 is 11.3 Å². The van der Waals surface area contributed by atoms with Gasteiger partial charge in [0.05, 0.1) is 10.4 Å². The number of nitrogens with one attached hydrogen (secondary N) is 1. The maximum absolute atomic E-state index is 11.1. The highest BCUT2D eigenvalue weighted by Gasteiger charge is 2.12. The first-order valence-electron chi connectivity index (χ1n) is 5.21. The summed E-state index contributed by atoms with van der Waals surface area (Å²) < 4.78 is 0. The highest BCUT2D eigenvalue weighted by Crippen LogP contribution is 2.29. The van der Waals surface area contributed by atoms with Gasteiger partial charge in [-0.25, -0.2) is 4.98 Å². The summed E-state index contributed by atoms with van der Waals surface area (Å²) in [6, 6.07) is 6.75. The van der Waals surface area contributed by atoms with Crippen molar-refractivity contribution in [1.29, 1.82) is 0 Å². The minimum Gasteiger partial charge on any atom is -0.506 e. The van der Waals surface area contributed by atoms with Crippen molar-refractivity contribution in [3.63, 3.8) is 0 Å². The first-order valence-corrected chi connectivity index (χ1v) is 6.09. The van der Waals surface area contributed by atoms with Crippen molar-refractivity contribution >= 4 is 28.3 Å². The molecule has 5 nitrogen and oxygen atoms in total. The summed E-state index contributed by atoms with van der Waals surface area (Å²) in [6.45, 7) is 0. The van der Waals surface area contributed by atoms with Gasteiger partial charge in [-0.1, -0.05) is 6.07 Å². The Bertz CT molecular complexity index is 731. The lowest BCUT2D eigenvalue weighted by Gasteiger charge is -1.97. The molecule has 0 radical (unpaired) electrons. The number of aromatic amines is 1. The van der Waals surface area contributed by atoms with Crippen molar-refractivity contribution in [2.75, 3.05) is 0 Å². The molecule has 1 aromatic carbocycles. The van der Waals surface area contributed by atoms with E-state index >= 15 is 0 Å². The smallest absolute Gasteiger partial charge is 0.248 e. The van der Waals surface area contributed by atoms with E-state index in [1.54, 1.807) is 17.4 Å². The molecule has 0 spiro atoms. The summed E-state index contributed by atoms with van der Waals surface area (Å²) in [6.07, 6.45) is 0. The molecule has 0 aliphatic heterocycles. The van der Waals surface area contributed by atoms with Crippen LogP contribution in [0.3, 0.4) is 0 Å². The number of amides is 1. The van der Waals surface area contributed by atoms with E-state index in [4.69, 9.17) is 5.73 Å². The first kappa shape index (κ1) is 10.8. The Hall–Kier alpha value is -2.34. The molecule has 18 heavy (non-hydrogen) atoms. The number of fused-ring (bicyclic) bond motifs is 1. The molecular formula is C12H9N3O2S. The van der Waals surface area contributed by atoms with Crippen LogP contribution in [0.15, 0.2) is 29.6 Å². The highest BCUT2D eigenvalue weighted by atomic mass is 32.1. The van der Waals surface area contributed by atoms with E-state index in [1.807, 2.05) is 17.5 Å². The monoisotopic (exact) mass is 259 g/mol. The maximum atomic E-state index is 11.1. The molecule has 0 unspecified atom stereocenters. The van der Waals surface area contributed by atoms with Crippen LogP contribution in [0, 0.1) is 0 Å². The molecule has 0 atom stereocenters. The number of nitrogens with zero attached hydrogens (tertiary/aromatic N) is 1. The van der Waals surface area contributed by atoms with E-state index < -0.39 is 5.91 Å². The molecule has 2 heterocycles. The molecular weight excluding hydrogens is 250 g/mol. The Morgan fingerprint density at radius 1 is 1.44 bits per heavy atom. The third kappa shape index (κ3) is 1.63. The van der Waals surface area contributed by atoms with Gasteiger partial charge in [0.1, 0.15) is 17.1 Å². The van der Waals surface area contributed by atoms with E-state index in [2.05, 4.69) is 9.97 Å². The van der Waals surface area contributed by atoms with Crippen molar-refractivity contribution in [3.05, 3.63) is 35.2 Å². The number of nitrogens with two attached hydrogens (primary N) is 1. The fourth-order valence-electron chi connectivity index (χ4n) is 1.77. The number of rotatable bonds is 2. The second-order valence-electron chi connectivity index (χ2n) is 3.82. The van der Waals surface area contributed by atoms with Gasteiger partial charge in [-0.15, -0.1) is 11.3 Å². The third-order valence-electron chi connectivity index (χ3n) is 2.61. The molecule has 0 saturated heterocycles. The zero-order valence-electron chi connectivity index (χ0n) is 9.18. The molecule has 0 aliphatic carbocycles.